The zero-order chi connectivity index (χ0) is 14.1. The third-order valence-electron chi connectivity index (χ3n) is 3.29. The van der Waals surface area contributed by atoms with Crippen LogP contribution in [0.4, 0.5) is 0 Å². The summed E-state index contributed by atoms with van der Waals surface area (Å²) in [7, 11) is 0. The second-order valence-corrected chi connectivity index (χ2v) is 5.41. The molecule has 20 heavy (non-hydrogen) atoms. The lowest BCUT2D eigenvalue weighted by Gasteiger charge is -2.04. The van der Waals surface area contributed by atoms with E-state index in [2.05, 4.69) is 4.98 Å². The summed E-state index contributed by atoms with van der Waals surface area (Å²) in [6.07, 6.45) is 0. The van der Waals surface area contributed by atoms with Crippen LogP contribution in [-0.2, 0) is 13.2 Å². The summed E-state index contributed by atoms with van der Waals surface area (Å²) < 4.78 is 2.02. The van der Waals surface area contributed by atoms with E-state index in [0.717, 1.165) is 22.4 Å². The molecule has 0 aliphatic heterocycles. The van der Waals surface area contributed by atoms with Crippen molar-refractivity contribution in [3.8, 4) is 0 Å². The third-order valence-corrected chi connectivity index (χ3v) is 3.88. The van der Waals surface area contributed by atoms with Gasteiger partial charge in [0.2, 0.25) is 0 Å². The molecule has 0 spiro atoms. The highest BCUT2D eigenvalue weighted by Crippen LogP contribution is 2.21. The van der Waals surface area contributed by atoms with E-state index in [4.69, 9.17) is 23.2 Å². The number of benzene rings is 2. The largest absolute Gasteiger partial charge is 0.384 e. The number of fused-ring (bicyclic) bond motifs is 1. The van der Waals surface area contributed by atoms with Crippen LogP contribution < -0.4 is 4.57 Å². The maximum atomic E-state index is 9.50. The molecule has 3 aromatic rings. The summed E-state index contributed by atoms with van der Waals surface area (Å²) in [5, 5.41) is 10.7. The first-order valence-corrected chi connectivity index (χ1v) is 6.99. The van der Waals surface area contributed by atoms with Crippen LogP contribution in [0.15, 0.2) is 42.5 Å². The second-order valence-electron chi connectivity index (χ2n) is 4.57. The van der Waals surface area contributed by atoms with E-state index in [0.29, 0.717) is 16.6 Å². The Morgan fingerprint density at radius 2 is 1.90 bits per heavy atom. The summed E-state index contributed by atoms with van der Waals surface area (Å²) >= 11 is 12.1. The van der Waals surface area contributed by atoms with Crippen LogP contribution in [-0.4, -0.2) is 10.1 Å². The first-order valence-electron chi connectivity index (χ1n) is 6.23. The maximum Gasteiger partial charge on any atom is 0.281 e. The highest BCUT2D eigenvalue weighted by Gasteiger charge is 2.18. The van der Waals surface area contributed by atoms with Gasteiger partial charge in [0.05, 0.1) is 0 Å². The van der Waals surface area contributed by atoms with Crippen molar-refractivity contribution in [3.63, 3.8) is 0 Å². The number of rotatable bonds is 3. The highest BCUT2D eigenvalue weighted by molar-refractivity contribution is 6.35. The fourth-order valence-electron chi connectivity index (χ4n) is 2.31. The monoisotopic (exact) mass is 307 g/mol. The zero-order valence-electron chi connectivity index (χ0n) is 10.6. The van der Waals surface area contributed by atoms with Crippen molar-refractivity contribution < 1.29 is 9.67 Å². The van der Waals surface area contributed by atoms with Crippen LogP contribution in [0.1, 0.15) is 11.4 Å². The molecule has 0 fully saturated rings. The minimum Gasteiger partial charge on any atom is -0.384 e. The molecule has 0 aliphatic rings. The topological polar surface area (TPSA) is 39.9 Å². The molecule has 3 nitrogen and oxygen atoms in total. The van der Waals surface area contributed by atoms with E-state index in [-0.39, 0.29) is 6.61 Å². The molecule has 0 saturated heterocycles. The maximum absolute atomic E-state index is 9.50. The van der Waals surface area contributed by atoms with Crippen molar-refractivity contribution in [1.82, 2.24) is 4.98 Å². The number of nitrogens with one attached hydrogen (secondary N) is 1. The number of aromatic amines is 1. The minimum atomic E-state index is -0.0557. The van der Waals surface area contributed by atoms with Crippen molar-refractivity contribution in [3.05, 3.63) is 63.9 Å². The number of aromatic nitrogens is 2. The number of nitrogens with zero attached hydrogens (tertiary/aromatic N) is 1. The number of imidazole rings is 1. The Morgan fingerprint density at radius 1 is 1.10 bits per heavy atom. The number of aliphatic hydroxyl groups excluding tert-OH is 1. The molecule has 2 aromatic carbocycles. The molecule has 1 heterocycles. The van der Waals surface area contributed by atoms with Gasteiger partial charge >= 0.3 is 0 Å². The standard InChI is InChI=1S/C15H12Cl2N2O/c16-11-6-5-10(12(17)7-11)8-19-14-4-2-1-3-13(14)18-15(19)9-20/h1-7,20H,8-9H2/p+1. The number of halogens is 2. The number of para-hydroxylation sites is 2. The Bertz CT molecular complexity index is 768. The van der Waals surface area contributed by atoms with Crippen molar-refractivity contribution in [2.45, 2.75) is 13.2 Å². The van der Waals surface area contributed by atoms with Gasteiger partial charge < -0.3 is 5.11 Å². The van der Waals surface area contributed by atoms with Gasteiger partial charge in [-0.25, -0.2) is 9.55 Å². The van der Waals surface area contributed by atoms with Gasteiger partial charge in [0.15, 0.2) is 11.0 Å². The Balaban J connectivity index is 2.09. The van der Waals surface area contributed by atoms with Crippen LogP contribution >= 0.6 is 23.2 Å². The van der Waals surface area contributed by atoms with Gasteiger partial charge in [-0.3, -0.25) is 0 Å². The Kier molecular flexibility index (Phi) is 3.66. The predicted molar refractivity (Wildman–Crippen MR) is 80.0 cm³/mol. The molecular formula is C15H13Cl2N2O+. The van der Waals surface area contributed by atoms with Gasteiger partial charge in [-0.05, 0) is 24.3 Å². The predicted octanol–water partition coefficient (Wildman–Crippen LogP) is 3.30. The molecule has 1 aromatic heterocycles. The third kappa shape index (κ3) is 2.40. The van der Waals surface area contributed by atoms with E-state index >= 15 is 0 Å². The zero-order valence-corrected chi connectivity index (χ0v) is 12.1. The van der Waals surface area contributed by atoms with E-state index in [1.807, 2.05) is 41.0 Å². The SMILES string of the molecule is OCc1[nH]c2ccccc2[n+]1Cc1ccc(Cl)cc1Cl. The molecule has 5 heteroatoms. The number of aliphatic hydroxyl groups is 1. The van der Waals surface area contributed by atoms with Gasteiger partial charge in [0.25, 0.3) is 5.82 Å². The lowest BCUT2D eigenvalue weighted by molar-refractivity contribution is -0.672. The molecule has 3 rings (SSSR count). The molecule has 0 saturated carbocycles. The Labute approximate surface area is 126 Å². The first kappa shape index (κ1) is 13.4. The summed E-state index contributed by atoms with van der Waals surface area (Å²) in [5.74, 6) is 0.747. The molecule has 0 aliphatic carbocycles. The quantitative estimate of drug-likeness (QED) is 0.716. The summed E-state index contributed by atoms with van der Waals surface area (Å²) in [5.41, 5.74) is 2.98. The van der Waals surface area contributed by atoms with Crippen LogP contribution in [0.2, 0.25) is 10.0 Å². The average Bonchev–Trinajstić information content (AvgIpc) is 2.80. The Hall–Kier alpha value is -1.55. The lowest BCUT2D eigenvalue weighted by Crippen LogP contribution is -2.37. The van der Waals surface area contributed by atoms with Gasteiger partial charge in [0, 0.05) is 15.6 Å². The molecule has 0 radical (unpaired) electrons. The van der Waals surface area contributed by atoms with E-state index in [1.165, 1.54) is 0 Å². The number of hydrogen-bond acceptors (Lipinski definition) is 1. The van der Waals surface area contributed by atoms with Crippen LogP contribution in [0.25, 0.3) is 11.0 Å². The van der Waals surface area contributed by atoms with E-state index < -0.39 is 0 Å². The van der Waals surface area contributed by atoms with Gasteiger partial charge in [-0.2, -0.15) is 0 Å². The normalized spacial score (nSPS) is 11.2. The van der Waals surface area contributed by atoms with Crippen molar-refractivity contribution in [2.24, 2.45) is 0 Å². The molecular weight excluding hydrogens is 295 g/mol. The van der Waals surface area contributed by atoms with Crippen LogP contribution in [0.5, 0.6) is 0 Å². The molecule has 0 atom stereocenters. The van der Waals surface area contributed by atoms with Crippen molar-refractivity contribution >= 4 is 34.2 Å². The first-order chi connectivity index (χ1) is 9.69. The molecule has 102 valence electrons. The second kappa shape index (κ2) is 5.44. The van der Waals surface area contributed by atoms with Crippen molar-refractivity contribution in [1.29, 1.82) is 0 Å². The summed E-state index contributed by atoms with van der Waals surface area (Å²) in [6.45, 7) is 0.524. The summed E-state index contributed by atoms with van der Waals surface area (Å²) in [6, 6.07) is 13.4. The van der Waals surface area contributed by atoms with E-state index in [1.54, 1.807) is 6.07 Å². The van der Waals surface area contributed by atoms with Crippen molar-refractivity contribution in [2.75, 3.05) is 0 Å². The lowest BCUT2D eigenvalue weighted by atomic mass is 10.2. The molecule has 2 N–H and O–H groups in total. The van der Waals surface area contributed by atoms with E-state index in [9.17, 15) is 5.11 Å². The molecule has 0 amide bonds. The fraction of sp³-hybridized carbons (Fsp3) is 0.133. The van der Waals surface area contributed by atoms with Gasteiger partial charge in [-0.15, -0.1) is 0 Å². The van der Waals surface area contributed by atoms with Crippen LogP contribution in [0, 0.1) is 0 Å². The molecule has 0 unspecified atom stereocenters. The van der Waals surface area contributed by atoms with Crippen LogP contribution in [0.3, 0.4) is 0 Å². The fourth-order valence-corrected chi connectivity index (χ4v) is 2.78. The van der Waals surface area contributed by atoms with Gasteiger partial charge in [-0.1, -0.05) is 41.4 Å². The van der Waals surface area contributed by atoms with Gasteiger partial charge in [0.1, 0.15) is 13.2 Å². The smallest absolute Gasteiger partial charge is 0.281 e. The highest BCUT2D eigenvalue weighted by atomic mass is 35.5. The average molecular weight is 308 g/mol. The summed E-state index contributed by atoms with van der Waals surface area (Å²) in [4.78, 5) is 3.21. The Morgan fingerprint density at radius 3 is 2.65 bits per heavy atom. The molecule has 0 bridgehead atoms. The minimum absolute atomic E-state index is 0.0557. The number of H-pyrrole nitrogens is 1. The number of hydrogen-bond donors (Lipinski definition) is 2.